The molecule has 0 radical (unpaired) electrons. The van der Waals surface area contributed by atoms with E-state index in [9.17, 15) is 19.5 Å². The van der Waals surface area contributed by atoms with Crippen LogP contribution in [-0.2, 0) is 33.3 Å². The molecule has 0 spiro atoms. The van der Waals surface area contributed by atoms with Crippen molar-refractivity contribution in [3.8, 4) is 0 Å². The second-order valence-corrected chi connectivity index (χ2v) is 18.8. The normalized spacial score (nSPS) is 12.9. The number of rotatable bonds is 48. The number of nitrogens with zero attached hydrogens (tertiary/aromatic N) is 1. The Morgan fingerprint density at radius 1 is 0.475 bits per heavy atom. The number of hydrogen-bond acceptors (Lipinski definition) is 7. The fourth-order valence-electron chi connectivity index (χ4n) is 7.48. The van der Waals surface area contributed by atoms with Crippen LogP contribution in [0.1, 0.15) is 245 Å². The second-order valence-electron chi connectivity index (χ2n) is 18.8. The summed E-state index contributed by atoms with van der Waals surface area (Å²) in [4.78, 5) is 37.3. The molecule has 0 amide bonds. The van der Waals surface area contributed by atoms with Crippen LogP contribution < -0.4 is 0 Å². The Morgan fingerprint density at radius 2 is 0.836 bits per heavy atom. The van der Waals surface area contributed by atoms with E-state index in [0.717, 1.165) is 51.4 Å². The monoisotopic (exact) mass is 867 g/mol. The predicted molar refractivity (Wildman–Crippen MR) is 254 cm³/mol. The number of unbranched alkanes of at least 4 members (excludes halogenated alkanes) is 31. The lowest BCUT2D eigenvalue weighted by Crippen LogP contribution is -2.40. The standard InChI is InChI=1S/C52H99NO8/c1-6-8-10-12-14-16-18-20-22-24-26-28-30-32-34-36-38-40-42-49(54)59-46-48(47-60-52(51(56)57)58-45-44-53(3,4)5)61-50(55)43-41-39-37-35-33-31-29-27-25-23-21-19-17-15-13-11-9-7-2/h23,25,48,52H,6-22,24,26-47H2,1-5H3/p+1/b25-23-. The molecule has 2 unspecified atom stereocenters. The predicted octanol–water partition coefficient (Wildman–Crippen LogP) is 14.2. The van der Waals surface area contributed by atoms with E-state index in [-0.39, 0.29) is 32.2 Å². The van der Waals surface area contributed by atoms with Crippen molar-refractivity contribution in [3.05, 3.63) is 12.2 Å². The average Bonchev–Trinajstić information content (AvgIpc) is 3.22. The highest BCUT2D eigenvalue weighted by molar-refractivity contribution is 5.71. The third-order valence-electron chi connectivity index (χ3n) is 11.5. The van der Waals surface area contributed by atoms with E-state index in [2.05, 4.69) is 26.0 Å². The Kier molecular flexibility index (Phi) is 43.2. The van der Waals surface area contributed by atoms with Gasteiger partial charge in [0, 0.05) is 12.8 Å². The van der Waals surface area contributed by atoms with Crippen molar-refractivity contribution in [1.82, 2.24) is 0 Å². The number of carboxylic acid groups (broad SMARTS) is 1. The maximum absolute atomic E-state index is 12.8. The molecule has 0 fully saturated rings. The molecule has 9 heteroatoms. The molecule has 0 saturated heterocycles. The summed E-state index contributed by atoms with van der Waals surface area (Å²) in [5.74, 6) is -1.99. The van der Waals surface area contributed by atoms with Gasteiger partial charge in [0.25, 0.3) is 6.29 Å². The number of likely N-dealkylation sites (N-methyl/N-ethyl adjacent to an activating group) is 1. The van der Waals surface area contributed by atoms with Crippen LogP contribution >= 0.6 is 0 Å². The van der Waals surface area contributed by atoms with Crippen molar-refractivity contribution in [3.63, 3.8) is 0 Å². The molecule has 61 heavy (non-hydrogen) atoms. The minimum atomic E-state index is -1.51. The minimum absolute atomic E-state index is 0.177. The minimum Gasteiger partial charge on any atom is -0.477 e. The van der Waals surface area contributed by atoms with Crippen molar-refractivity contribution in [2.75, 3.05) is 47.5 Å². The topological polar surface area (TPSA) is 108 Å². The molecular weight excluding hydrogens is 767 g/mol. The molecular formula is C52H100NO8+. The average molecular weight is 867 g/mol. The first kappa shape index (κ1) is 59.0. The van der Waals surface area contributed by atoms with E-state index in [1.165, 1.54) is 167 Å². The fraction of sp³-hybridized carbons (Fsp3) is 0.904. The second kappa shape index (κ2) is 44.6. The summed E-state index contributed by atoms with van der Waals surface area (Å²) in [7, 11) is 5.97. The summed E-state index contributed by atoms with van der Waals surface area (Å²) < 4.78 is 22.8. The van der Waals surface area contributed by atoms with Crippen molar-refractivity contribution >= 4 is 17.9 Å². The number of aliphatic carboxylic acids is 1. The van der Waals surface area contributed by atoms with Crippen molar-refractivity contribution in [2.45, 2.75) is 257 Å². The van der Waals surface area contributed by atoms with E-state index in [0.29, 0.717) is 17.4 Å². The SMILES string of the molecule is CCCCCCCCC/C=C\CCCCCCCCCC(=O)OC(COC(=O)CCCCCCCCCCCCCCCCCCCC)COC(OCC[N+](C)(C)C)C(=O)O. The van der Waals surface area contributed by atoms with Crippen molar-refractivity contribution in [1.29, 1.82) is 0 Å². The molecule has 0 aromatic carbocycles. The number of carboxylic acids is 1. The molecule has 0 aromatic rings. The molecule has 360 valence electrons. The summed E-state index contributed by atoms with van der Waals surface area (Å²) in [6.45, 7) is 4.91. The Labute approximate surface area is 376 Å². The molecule has 2 atom stereocenters. The highest BCUT2D eigenvalue weighted by atomic mass is 16.7. The molecule has 0 aliphatic carbocycles. The molecule has 0 rings (SSSR count). The van der Waals surface area contributed by atoms with Gasteiger partial charge in [0.15, 0.2) is 6.10 Å². The zero-order valence-corrected chi connectivity index (χ0v) is 40.8. The Morgan fingerprint density at radius 3 is 1.21 bits per heavy atom. The Bertz CT molecular complexity index is 1010. The summed E-state index contributed by atoms with van der Waals surface area (Å²) in [5.41, 5.74) is 0. The largest absolute Gasteiger partial charge is 0.477 e. The maximum atomic E-state index is 12.8. The first-order chi connectivity index (χ1) is 29.6. The molecule has 0 aliphatic rings. The molecule has 0 saturated carbocycles. The van der Waals surface area contributed by atoms with Crippen LogP contribution in [-0.4, -0.2) is 87.4 Å². The molecule has 0 aromatic heterocycles. The van der Waals surface area contributed by atoms with Crippen molar-refractivity contribution < 1.29 is 42.9 Å². The van der Waals surface area contributed by atoms with Gasteiger partial charge in [-0.25, -0.2) is 4.79 Å². The number of carbonyl (C=O) groups is 3. The lowest BCUT2D eigenvalue weighted by molar-refractivity contribution is -0.870. The van der Waals surface area contributed by atoms with Crippen LogP contribution in [0.3, 0.4) is 0 Å². The number of carbonyl (C=O) groups excluding carboxylic acids is 2. The highest BCUT2D eigenvalue weighted by Crippen LogP contribution is 2.16. The van der Waals surface area contributed by atoms with Crippen LogP contribution in [0.2, 0.25) is 0 Å². The van der Waals surface area contributed by atoms with Crippen LogP contribution in [0.5, 0.6) is 0 Å². The fourth-order valence-corrected chi connectivity index (χ4v) is 7.48. The Hall–Kier alpha value is -1.97. The lowest BCUT2D eigenvalue weighted by atomic mass is 10.0. The van der Waals surface area contributed by atoms with E-state index in [1.54, 1.807) is 0 Å². The smallest absolute Gasteiger partial charge is 0.361 e. The number of ether oxygens (including phenoxy) is 4. The molecule has 0 heterocycles. The molecule has 0 aliphatic heterocycles. The molecule has 9 nitrogen and oxygen atoms in total. The quantitative estimate of drug-likeness (QED) is 0.0212. The van der Waals surface area contributed by atoms with Gasteiger partial charge in [0.05, 0.1) is 34.4 Å². The Balaban J connectivity index is 4.32. The highest BCUT2D eigenvalue weighted by Gasteiger charge is 2.25. The van der Waals surface area contributed by atoms with Gasteiger partial charge < -0.3 is 28.5 Å². The number of hydrogen-bond donors (Lipinski definition) is 1. The zero-order valence-electron chi connectivity index (χ0n) is 40.8. The van der Waals surface area contributed by atoms with Gasteiger partial charge in [-0.2, -0.15) is 0 Å². The first-order valence-electron chi connectivity index (χ1n) is 25.9. The summed E-state index contributed by atoms with van der Waals surface area (Å²) >= 11 is 0. The van der Waals surface area contributed by atoms with Gasteiger partial charge in [0.1, 0.15) is 13.2 Å². The summed E-state index contributed by atoms with van der Waals surface area (Å²) in [5, 5.41) is 9.67. The number of esters is 2. The van der Waals surface area contributed by atoms with Crippen LogP contribution in [0.25, 0.3) is 0 Å². The van der Waals surface area contributed by atoms with E-state index < -0.39 is 24.3 Å². The summed E-state index contributed by atoms with van der Waals surface area (Å²) in [6.07, 6.45) is 45.5. The number of allylic oxidation sites excluding steroid dienone is 2. The lowest BCUT2D eigenvalue weighted by Gasteiger charge is -2.25. The van der Waals surface area contributed by atoms with Gasteiger partial charge in [-0.1, -0.05) is 206 Å². The van der Waals surface area contributed by atoms with E-state index >= 15 is 0 Å². The van der Waals surface area contributed by atoms with Gasteiger partial charge in [-0.3, -0.25) is 9.59 Å². The summed E-state index contributed by atoms with van der Waals surface area (Å²) in [6, 6.07) is 0. The maximum Gasteiger partial charge on any atom is 0.361 e. The molecule has 0 bridgehead atoms. The third kappa shape index (κ3) is 45.9. The zero-order chi connectivity index (χ0) is 44.9. The van der Waals surface area contributed by atoms with Crippen molar-refractivity contribution in [2.24, 2.45) is 0 Å². The van der Waals surface area contributed by atoms with E-state index in [1.807, 2.05) is 21.1 Å². The van der Waals surface area contributed by atoms with Crippen LogP contribution in [0, 0.1) is 0 Å². The van der Waals surface area contributed by atoms with Crippen LogP contribution in [0.4, 0.5) is 0 Å². The first-order valence-corrected chi connectivity index (χ1v) is 25.9. The number of quaternary nitrogens is 1. The third-order valence-corrected chi connectivity index (χ3v) is 11.5. The van der Waals surface area contributed by atoms with E-state index in [4.69, 9.17) is 18.9 Å². The van der Waals surface area contributed by atoms with Crippen LogP contribution in [0.15, 0.2) is 12.2 Å². The van der Waals surface area contributed by atoms with Gasteiger partial charge in [0.2, 0.25) is 0 Å². The van der Waals surface area contributed by atoms with Gasteiger partial charge >= 0.3 is 17.9 Å². The van der Waals surface area contributed by atoms with Gasteiger partial charge in [-0.05, 0) is 38.5 Å². The van der Waals surface area contributed by atoms with Gasteiger partial charge in [-0.15, -0.1) is 0 Å². The molecule has 1 N–H and O–H groups in total.